The van der Waals surface area contributed by atoms with Crippen LogP contribution < -0.4 is 10.4 Å². The van der Waals surface area contributed by atoms with Crippen LogP contribution in [0.25, 0.3) is 11.0 Å². The molecule has 72 valence electrons. The van der Waals surface area contributed by atoms with E-state index in [2.05, 4.69) is 0 Å². The Hall–Kier alpha value is -1.81. The van der Waals surface area contributed by atoms with E-state index in [0.717, 1.165) is 5.39 Å². The second-order valence-corrected chi connectivity index (χ2v) is 2.73. The lowest BCUT2D eigenvalue weighted by molar-refractivity contribution is 0.0986. The third-order valence-corrected chi connectivity index (χ3v) is 1.83. The molecule has 1 aromatic heterocycles. The van der Waals surface area contributed by atoms with Gasteiger partial charge in [-0.1, -0.05) is 0 Å². The molecule has 0 radical (unpaired) electrons. The summed E-state index contributed by atoms with van der Waals surface area (Å²) in [5.41, 5.74) is 0.0436. The molecular formula is C10H8O4. The van der Waals surface area contributed by atoms with E-state index in [9.17, 15) is 4.79 Å². The standard InChI is InChI=1S/C10H8O4/c11-6-13-8-3-1-7-2-4-10(12)14-9(7)5-8/h1-5,11H,6H2. The van der Waals surface area contributed by atoms with Crippen LogP contribution in [0.5, 0.6) is 5.75 Å². The summed E-state index contributed by atoms with van der Waals surface area (Å²) in [7, 11) is 0. The zero-order valence-electron chi connectivity index (χ0n) is 7.27. The summed E-state index contributed by atoms with van der Waals surface area (Å²) in [6, 6.07) is 8.04. The van der Waals surface area contributed by atoms with Crippen molar-refractivity contribution in [2.45, 2.75) is 0 Å². The topological polar surface area (TPSA) is 59.7 Å². The van der Waals surface area contributed by atoms with Crippen LogP contribution in [0.1, 0.15) is 0 Å². The molecule has 1 N–H and O–H groups in total. The van der Waals surface area contributed by atoms with Gasteiger partial charge in [0.2, 0.25) is 0 Å². The van der Waals surface area contributed by atoms with Crippen LogP contribution in [-0.2, 0) is 0 Å². The molecule has 2 rings (SSSR count). The van der Waals surface area contributed by atoms with Gasteiger partial charge >= 0.3 is 5.63 Å². The Bertz CT molecular complexity index is 501. The van der Waals surface area contributed by atoms with Crippen LogP contribution in [0.4, 0.5) is 0 Å². The number of hydrogen-bond donors (Lipinski definition) is 1. The lowest BCUT2D eigenvalue weighted by Gasteiger charge is -2.02. The number of rotatable bonds is 2. The highest BCUT2D eigenvalue weighted by atomic mass is 16.6. The molecule has 4 nitrogen and oxygen atoms in total. The number of aliphatic hydroxyl groups excluding tert-OH is 1. The van der Waals surface area contributed by atoms with Gasteiger partial charge in [-0.3, -0.25) is 0 Å². The molecule has 0 saturated carbocycles. The molecule has 0 fully saturated rings. The van der Waals surface area contributed by atoms with E-state index in [4.69, 9.17) is 14.3 Å². The summed E-state index contributed by atoms with van der Waals surface area (Å²) in [6.45, 7) is -0.400. The number of ether oxygens (including phenoxy) is 1. The van der Waals surface area contributed by atoms with Crippen molar-refractivity contribution in [3.8, 4) is 5.75 Å². The average molecular weight is 192 g/mol. The smallest absolute Gasteiger partial charge is 0.336 e. The summed E-state index contributed by atoms with van der Waals surface area (Å²) >= 11 is 0. The minimum atomic E-state index is -0.404. The van der Waals surface area contributed by atoms with Crippen molar-refractivity contribution in [2.75, 3.05) is 6.79 Å². The third kappa shape index (κ3) is 1.60. The number of fused-ring (bicyclic) bond motifs is 1. The van der Waals surface area contributed by atoms with Gasteiger partial charge in [-0.2, -0.15) is 0 Å². The molecule has 0 saturated heterocycles. The Kier molecular flexibility index (Phi) is 2.20. The zero-order chi connectivity index (χ0) is 9.97. The minimum Gasteiger partial charge on any atom is -0.468 e. The fourth-order valence-corrected chi connectivity index (χ4v) is 1.21. The van der Waals surface area contributed by atoms with Crippen LogP contribution in [0, 0.1) is 0 Å². The van der Waals surface area contributed by atoms with Crippen LogP contribution in [0.15, 0.2) is 39.5 Å². The Morgan fingerprint density at radius 3 is 2.86 bits per heavy atom. The summed E-state index contributed by atoms with van der Waals surface area (Å²) in [5, 5.41) is 9.35. The fraction of sp³-hybridized carbons (Fsp3) is 0.100. The van der Waals surface area contributed by atoms with Crippen LogP contribution in [0.2, 0.25) is 0 Å². The van der Waals surface area contributed by atoms with Gasteiger partial charge in [-0.25, -0.2) is 4.79 Å². The first-order valence-electron chi connectivity index (χ1n) is 4.07. The quantitative estimate of drug-likeness (QED) is 0.572. The molecule has 0 spiro atoms. The lowest BCUT2D eigenvalue weighted by atomic mass is 10.2. The molecule has 0 aliphatic heterocycles. The van der Waals surface area contributed by atoms with Gasteiger partial charge in [-0.15, -0.1) is 0 Å². The first-order chi connectivity index (χ1) is 6.79. The Morgan fingerprint density at radius 1 is 1.29 bits per heavy atom. The van der Waals surface area contributed by atoms with Gasteiger partial charge < -0.3 is 14.3 Å². The lowest BCUT2D eigenvalue weighted by Crippen LogP contribution is -1.96. The molecule has 14 heavy (non-hydrogen) atoms. The van der Waals surface area contributed by atoms with Gasteiger partial charge in [0.05, 0.1) is 0 Å². The van der Waals surface area contributed by atoms with Crippen molar-refractivity contribution >= 4 is 11.0 Å². The van der Waals surface area contributed by atoms with Crippen molar-refractivity contribution in [3.63, 3.8) is 0 Å². The molecule has 0 aliphatic rings. The van der Waals surface area contributed by atoms with Crippen molar-refractivity contribution in [1.29, 1.82) is 0 Å². The highest BCUT2D eigenvalue weighted by Crippen LogP contribution is 2.18. The molecule has 4 heteroatoms. The van der Waals surface area contributed by atoms with Crippen LogP contribution in [-0.4, -0.2) is 11.9 Å². The van der Waals surface area contributed by atoms with E-state index >= 15 is 0 Å². The summed E-state index contributed by atoms with van der Waals surface area (Å²) < 4.78 is 9.78. The molecule has 0 aliphatic carbocycles. The minimum absolute atomic E-state index is 0.400. The number of aliphatic hydroxyl groups is 1. The molecule has 2 aromatic rings. The van der Waals surface area contributed by atoms with Crippen molar-refractivity contribution in [3.05, 3.63) is 40.8 Å². The average Bonchev–Trinajstić information content (AvgIpc) is 2.17. The first kappa shape index (κ1) is 8.77. The Balaban J connectivity index is 2.58. The van der Waals surface area contributed by atoms with Crippen molar-refractivity contribution in [1.82, 2.24) is 0 Å². The molecule has 1 aromatic carbocycles. The predicted octanol–water partition coefficient (Wildman–Crippen LogP) is 1.12. The fourth-order valence-electron chi connectivity index (χ4n) is 1.21. The zero-order valence-corrected chi connectivity index (χ0v) is 7.27. The van der Waals surface area contributed by atoms with Crippen LogP contribution >= 0.6 is 0 Å². The highest BCUT2D eigenvalue weighted by molar-refractivity contribution is 5.77. The van der Waals surface area contributed by atoms with E-state index < -0.39 is 12.4 Å². The molecule has 0 bridgehead atoms. The maximum atomic E-state index is 10.9. The maximum Gasteiger partial charge on any atom is 0.336 e. The number of benzene rings is 1. The van der Waals surface area contributed by atoms with Gasteiger partial charge in [0, 0.05) is 17.5 Å². The van der Waals surface area contributed by atoms with E-state index in [1.54, 1.807) is 24.3 Å². The van der Waals surface area contributed by atoms with E-state index in [1.165, 1.54) is 6.07 Å². The summed E-state index contributed by atoms with van der Waals surface area (Å²) in [6.07, 6.45) is 0. The second kappa shape index (κ2) is 3.51. The van der Waals surface area contributed by atoms with Crippen molar-refractivity contribution < 1.29 is 14.3 Å². The van der Waals surface area contributed by atoms with E-state index in [-0.39, 0.29) is 0 Å². The summed E-state index contributed by atoms with van der Waals surface area (Å²) in [5.74, 6) is 0.467. The van der Waals surface area contributed by atoms with Gasteiger partial charge in [0.15, 0.2) is 6.79 Å². The van der Waals surface area contributed by atoms with Gasteiger partial charge in [0.25, 0.3) is 0 Å². The largest absolute Gasteiger partial charge is 0.468 e. The van der Waals surface area contributed by atoms with E-state index in [1.807, 2.05) is 0 Å². The van der Waals surface area contributed by atoms with Crippen molar-refractivity contribution in [2.24, 2.45) is 0 Å². The Labute approximate surface area is 79.4 Å². The number of hydrogen-bond acceptors (Lipinski definition) is 4. The highest BCUT2D eigenvalue weighted by Gasteiger charge is 1.99. The molecule has 0 unspecified atom stereocenters. The normalized spacial score (nSPS) is 10.4. The second-order valence-electron chi connectivity index (χ2n) is 2.73. The van der Waals surface area contributed by atoms with E-state index in [0.29, 0.717) is 11.3 Å². The van der Waals surface area contributed by atoms with Crippen LogP contribution in [0.3, 0.4) is 0 Å². The Morgan fingerprint density at radius 2 is 2.07 bits per heavy atom. The monoisotopic (exact) mass is 192 g/mol. The third-order valence-electron chi connectivity index (χ3n) is 1.83. The summed E-state index contributed by atoms with van der Waals surface area (Å²) in [4.78, 5) is 10.9. The maximum absolute atomic E-state index is 10.9. The molecule has 0 atom stereocenters. The molecule has 1 heterocycles. The van der Waals surface area contributed by atoms with Gasteiger partial charge in [0.1, 0.15) is 11.3 Å². The molecule has 0 amide bonds. The predicted molar refractivity (Wildman–Crippen MR) is 50.2 cm³/mol. The first-order valence-corrected chi connectivity index (χ1v) is 4.07. The SMILES string of the molecule is O=c1ccc2ccc(OCO)cc2o1. The van der Waals surface area contributed by atoms with Gasteiger partial charge in [-0.05, 0) is 18.2 Å². The molecular weight excluding hydrogens is 184 g/mol.